The molecule has 4 rings (SSSR count). The first-order chi connectivity index (χ1) is 12.8. The van der Waals surface area contributed by atoms with Gasteiger partial charge in [-0.3, -0.25) is 4.90 Å². The van der Waals surface area contributed by atoms with Crippen molar-refractivity contribution in [1.29, 1.82) is 0 Å². The average Bonchev–Trinajstić information content (AvgIpc) is 2.63. The summed E-state index contributed by atoms with van der Waals surface area (Å²) in [5, 5.41) is 1.15. The molecule has 2 aromatic rings. The van der Waals surface area contributed by atoms with Crippen molar-refractivity contribution in [2.24, 2.45) is 4.99 Å². The minimum absolute atomic E-state index is 0.0408. The van der Waals surface area contributed by atoms with Gasteiger partial charge in [-0.25, -0.2) is 4.99 Å². The summed E-state index contributed by atoms with van der Waals surface area (Å²) in [5.74, 6) is 0. The summed E-state index contributed by atoms with van der Waals surface area (Å²) in [7, 11) is -0.0408. The van der Waals surface area contributed by atoms with Crippen LogP contribution in [0.4, 0.5) is 17.1 Å². The van der Waals surface area contributed by atoms with E-state index >= 15 is 0 Å². The minimum Gasteiger partial charge on any atom is -0.399 e. The van der Waals surface area contributed by atoms with E-state index in [-0.39, 0.29) is 7.66 Å². The first kappa shape index (κ1) is 19.2. The lowest BCUT2D eigenvalue weighted by Gasteiger charge is -2.38. The largest absolute Gasteiger partial charge is 0.399 e. The van der Waals surface area contributed by atoms with Crippen molar-refractivity contribution in [1.82, 2.24) is 4.90 Å². The molecular weight excluding hydrogens is 467 g/mol. The highest BCUT2D eigenvalue weighted by Crippen LogP contribution is 2.47. The first-order valence-corrected chi connectivity index (χ1v) is 13.3. The van der Waals surface area contributed by atoms with Gasteiger partial charge in [0.25, 0.3) is 0 Å². The highest BCUT2D eigenvalue weighted by atomic mass is 127. The number of nitrogens with zero attached hydrogens (tertiary/aromatic N) is 3. The normalized spacial score (nSPS) is 19.6. The number of rotatable bonds is 2. The van der Waals surface area contributed by atoms with Gasteiger partial charge in [0.05, 0.1) is 11.0 Å². The van der Waals surface area contributed by atoms with Crippen LogP contribution in [0.2, 0.25) is 0 Å². The van der Waals surface area contributed by atoms with Gasteiger partial charge < -0.3 is 10.6 Å². The molecule has 1 unspecified atom stereocenters. The van der Waals surface area contributed by atoms with Gasteiger partial charge in [-0.15, -0.1) is 0 Å². The number of hydrogen-bond donors (Lipinski definition) is 1. The third kappa shape index (κ3) is 3.51. The standard InChI is InChI=1S/C21H27IN4S/c1-13(2)25-5-7-26(8-6-25)17-10-15(4)21-19(12-17)27(22)18-11-16(23)9-14(3)20(18)24-21/h9-13H,5-8,23H2,1-4H3. The van der Waals surface area contributed by atoms with Crippen LogP contribution in [0.1, 0.15) is 25.0 Å². The van der Waals surface area contributed by atoms with Crippen LogP contribution < -0.4 is 16.0 Å². The zero-order chi connectivity index (χ0) is 19.3. The van der Waals surface area contributed by atoms with Gasteiger partial charge in [0.1, 0.15) is 0 Å². The number of halogens is 1. The Balaban J connectivity index is 1.79. The molecule has 0 amide bonds. The molecule has 4 nitrogen and oxygen atoms in total. The fraction of sp³-hybridized carbons (Fsp3) is 0.429. The van der Waals surface area contributed by atoms with Gasteiger partial charge in [-0.05, 0) is 84.3 Å². The lowest BCUT2D eigenvalue weighted by molar-refractivity contribution is 0.209. The predicted molar refractivity (Wildman–Crippen MR) is 125 cm³/mol. The number of nitrogens with two attached hydrogens (primary N) is 1. The van der Waals surface area contributed by atoms with E-state index in [1.807, 2.05) is 6.07 Å². The molecule has 2 heterocycles. The maximum atomic E-state index is 6.13. The van der Waals surface area contributed by atoms with Crippen molar-refractivity contribution in [2.45, 2.75) is 38.6 Å². The summed E-state index contributed by atoms with van der Waals surface area (Å²) in [5.41, 5.74) is 11.8. The second-order valence-corrected chi connectivity index (χ2v) is 11.8. The number of hydrogen-bond acceptors (Lipinski definition) is 4. The van der Waals surface area contributed by atoms with E-state index in [0.29, 0.717) is 6.04 Å². The summed E-state index contributed by atoms with van der Waals surface area (Å²) in [6.07, 6.45) is 0. The predicted octanol–water partition coefficient (Wildman–Crippen LogP) is 4.61. The van der Waals surface area contributed by atoms with Crippen molar-refractivity contribution in [2.75, 3.05) is 36.8 Å². The number of nitrogen functional groups attached to an aromatic ring is 1. The third-order valence-corrected chi connectivity index (χ3v) is 9.80. The summed E-state index contributed by atoms with van der Waals surface area (Å²) in [6, 6.07) is 9.45. The Kier molecular flexibility index (Phi) is 5.24. The Hall–Kier alpha value is -1.12. The van der Waals surface area contributed by atoms with Gasteiger partial charge in [-0.1, -0.05) is 7.66 Å². The van der Waals surface area contributed by atoms with E-state index in [9.17, 15) is 0 Å². The van der Waals surface area contributed by atoms with E-state index in [4.69, 9.17) is 10.7 Å². The number of benzene rings is 2. The molecule has 27 heavy (non-hydrogen) atoms. The highest BCUT2D eigenvalue weighted by Gasteiger charge is 2.21. The molecule has 0 spiro atoms. The topological polar surface area (TPSA) is 44.9 Å². The molecule has 1 saturated heterocycles. The Morgan fingerprint density at radius 2 is 1.74 bits per heavy atom. The van der Waals surface area contributed by atoms with Crippen LogP contribution in [0.25, 0.3) is 0 Å². The minimum atomic E-state index is -0.0408. The van der Waals surface area contributed by atoms with Crippen LogP contribution in [-0.2, 0) is 0 Å². The second-order valence-electron chi connectivity index (χ2n) is 7.78. The molecule has 2 aliphatic rings. The molecule has 2 aliphatic heterocycles. The Bertz CT molecular complexity index is 1020. The van der Waals surface area contributed by atoms with Gasteiger partial charge in [0.2, 0.25) is 0 Å². The van der Waals surface area contributed by atoms with Crippen molar-refractivity contribution < 1.29 is 0 Å². The lowest BCUT2D eigenvalue weighted by Crippen LogP contribution is -2.49. The first-order valence-electron chi connectivity index (χ1n) is 9.51. The fourth-order valence-corrected chi connectivity index (χ4v) is 7.44. The van der Waals surface area contributed by atoms with E-state index in [0.717, 1.165) is 48.5 Å². The molecule has 1 atom stereocenters. The van der Waals surface area contributed by atoms with Crippen LogP contribution in [-0.4, -0.2) is 37.1 Å². The van der Waals surface area contributed by atoms with E-state index in [1.54, 1.807) is 0 Å². The molecule has 2 N–H and O–H groups in total. The molecule has 6 heteroatoms. The second kappa shape index (κ2) is 7.37. The van der Waals surface area contributed by atoms with Gasteiger partial charge in [-0.2, -0.15) is 0 Å². The van der Waals surface area contributed by atoms with Crippen molar-refractivity contribution in [3.05, 3.63) is 45.3 Å². The van der Waals surface area contributed by atoms with Gasteiger partial charge in [0, 0.05) is 53.0 Å². The van der Waals surface area contributed by atoms with Crippen LogP contribution in [0.15, 0.2) is 34.2 Å². The van der Waals surface area contributed by atoms with Gasteiger partial charge in [0.15, 0.2) is 0 Å². The number of aryl methyl sites for hydroxylation is 2. The Labute approximate surface area is 176 Å². The van der Waals surface area contributed by atoms with Crippen LogP contribution in [0, 0.1) is 18.4 Å². The Morgan fingerprint density at radius 1 is 1.04 bits per heavy atom. The molecular formula is C21H27IN4S. The average molecular weight is 494 g/mol. The number of piperazine rings is 1. The highest BCUT2D eigenvalue weighted by molar-refractivity contribution is 14.2. The molecule has 1 fully saturated rings. The third-order valence-electron chi connectivity index (χ3n) is 5.56. The molecule has 0 bridgehead atoms. The molecule has 0 aromatic heterocycles. The molecule has 0 radical (unpaired) electrons. The number of anilines is 2. The zero-order valence-electron chi connectivity index (χ0n) is 16.4. The lowest BCUT2D eigenvalue weighted by atomic mass is 10.1. The van der Waals surface area contributed by atoms with Gasteiger partial charge >= 0.3 is 0 Å². The van der Waals surface area contributed by atoms with E-state index < -0.39 is 0 Å². The summed E-state index contributed by atoms with van der Waals surface area (Å²) >= 11 is 2.57. The smallest absolute Gasteiger partial charge is 0.0806 e. The monoisotopic (exact) mass is 494 g/mol. The summed E-state index contributed by atoms with van der Waals surface area (Å²) in [6.45, 7) is 13.3. The summed E-state index contributed by atoms with van der Waals surface area (Å²) < 4.78 is 1.34. The molecule has 0 aliphatic carbocycles. The van der Waals surface area contributed by atoms with Crippen molar-refractivity contribution >= 4 is 45.9 Å². The van der Waals surface area contributed by atoms with Crippen LogP contribution in [0.3, 0.4) is 0 Å². The number of fused-ring (bicyclic) bond motifs is 2. The van der Waals surface area contributed by atoms with Crippen molar-refractivity contribution in [3.8, 4) is 0 Å². The fourth-order valence-electron chi connectivity index (χ4n) is 3.97. The maximum Gasteiger partial charge on any atom is 0.0806 e. The quantitative estimate of drug-likeness (QED) is 0.377. The Morgan fingerprint density at radius 3 is 2.41 bits per heavy atom. The van der Waals surface area contributed by atoms with E-state index in [2.05, 4.69) is 76.9 Å². The van der Waals surface area contributed by atoms with E-state index in [1.165, 1.54) is 20.7 Å². The SMILES string of the molecule is Cc1cc(N)cc2c1N=c1c(C)cc(N3CCN(C(C)C)CC3)cc1=S2I. The van der Waals surface area contributed by atoms with Crippen molar-refractivity contribution in [3.63, 3.8) is 0 Å². The van der Waals surface area contributed by atoms with Crippen LogP contribution in [0.5, 0.6) is 0 Å². The molecule has 2 aromatic carbocycles. The molecule has 0 saturated carbocycles. The van der Waals surface area contributed by atoms with Crippen LogP contribution >= 0.6 is 28.9 Å². The maximum absolute atomic E-state index is 6.13. The summed E-state index contributed by atoms with van der Waals surface area (Å²) in [4.78, 5) is 11.4. The zero-order valence-corrected chi connectivity index (χ0v) is 19.4. The molecule has 144 valence electrons.